The van der Waals surface area contributed by atoms with Crippen molar-refractivity contribution in [3.63, 3.8) is 0 Å². The van der Waals surface area contributed by atoms with Gasteiger partial charge in [0.15, 0.2) is 0 Å². The molecule has 0 rings (SSSR count). The Balaban J connectivity index is 4.82. The number of carbonyl (C=O) groups is 1. The van der Waals surface area contributed by atoms with Crippen LogP contribution in [0.25, 0.3) is 0 Å². The lowest BCUT2D eigenvalue weighted by Gasteiger charge is -2.27. The highest BCUT2D eigenvalue weighted by molar-refractivity contribution is 7.47. The zero-order valence-corrected chi connectivity index (χ0v) is 37.2. The predicted octanol–water partition coefficient (Wildman–Crippen LogP) is 10.6. The molecule has 0 heterocycles. The summed E-state index contributed by atoms with van der Waals surface area (Å²) in [6, 6.07) is -0.931. The molecule has 0 aliphatic rings. The van der Waals surface area contributed by atoms with Crippen molar-refractivity contribution >= 4 is 13.7 Å². The third-order valence-corrected chi connectivity index (χ3v) is 11.0. The molecule has 0 aliphatic heterocycles. The minimum atomic E-state index is -4.48. The maximum absolute atomic E-state index is 13.0. The average Bonchev–Trinajstić information content (AvgIpc) is 3.17. The van der Waals surface area contributed by atoms with E-state index in [1.54, 1.807) is 6.08 Å². The molecule has 0 aromatic rings. The fourth-order valence-electron chi connectivity index (χ4n) is 6.27. The van der Waals surface area contributed by atoms with Crippen LogP contribution >= 0.6 is 7.82 Å². The van der Waals surface area contributed by atoms with Crippen LogP contribution in [-0.2, 0) is 18.4 Å². The quantitative estimate of drug-likeness (QED) is 0.0160. The van der Waals surface area contributed by atoms with E-state index in [4.69, 9.17) is 16.9 Å². The van der Waals surface area contributed by atoms with Gasteiger partial charge in [0.25, 0.3) is 0 Å². The first-order chi connectivity index (χ1) is 27.8. The predicted molar refractivity (Wildman–Crippen MR) is 234 cm³/mol. The van der Waals surface area contributed by atoms with Crippen molar-refractivity contribution in [2.45, 2.75) is 206 Å². The number of quaternary nitrogens is 1. The number of nitrogens with one attached hydrogen (secondary N) is 1. The number of phosphoric ester groups is 1. The molecule has 326 valence electrons. The van der Waals surface area contributed by atoms with Crippen molar-refractivity contribution in [3.8, 4) is 23.7 Å². The molecule has 0 aromatic heterocycles. The van der Waals surface area contributed by atoms with Crippen LogP contribution in [0.2, 0.25) is 0 Å². The van der Waals surface area contributed by atoms with Gasteiger partial charge in [0, 0.05) is 9.16 Å². The molecule has 4 N–H and O–H groups in total. The second-order valence-corrected chi connectivity index (χ2v) is 17.4. The number of nitrogens with zero attached hydrogens (tertiary/aromatic N) is 1. The summed E-state index contributed by atoms with van der Waals surface area (Å²) in [7, 11) is -0.697. The molecule has 1 amide bonds. The van der Waals surface area contributed by atoms with Gasteiger partial charge >= 0.3 is 7.82 Å². The van der Waals surface area contributed by atoms with Crippen LogP contribution in [0, 0.1) is 23.7 Å². The maximum Gasteiger partial charge on any atom is 0.472 e. The molecule has 0 fully saturated rings. The molecule has 0 saturated carbocycles. The molecular formula is C46H86N2O7P+. The molecule has 3 atom stereocenters. The van der Waals surface area contributed by atoms with E-state index >= 15 is 0 Å². The number of allylic oxidation sites excluding steroid dienone is 1. The Morgan fingerprint density at radius 2 is 1.23 bits per heavy atom. The van der Waals surface area contributed by atoms with E-state index in [-0.39, 0.29) is 25.5 Å². The van der Waals surface area contributed by atoms with E-state index < -0.39 is 32.9 Å². The highest BCUT2D eigenvalue weighted by Gasteiger charge is 2.28. The van der Waals surface area contributed by atoms with Crippen molar-refractivity contribution in [3.05, 3.63) is 12.2 Å². The SMILES string of the molecule is [2H]C([2H])(CCCCCCCC)CCCCCCCCC(=O)N[C@@H](COP(=O)(O)OCC[N+](C)(C)CC#CC#CCO)[C@H](O)/C=C/CCCCCCCCCCCCC. The smallest absolute Gasteiger partial charge is 0.387 e. The Morgan fingerprint density at radius 3 is 1.77 bits per heavy atom. The normalized spacial score (nSPS) is 14.6. The topological polar surface area (TPSA) is 125 Å². The highest BCUT2D eigenvalue weighted by Crippen LogP contribution is 2.43. The van der Waals surface area contributed by atoms with Crippen molar-refractivity contribution in [1.29, 1.82) is 0 Å². The number of hydrogen-bond donors (Lipinski definition) is 4. The van der Waals surface area contributed by atoms with E-state index in [2.05, 4.69) is 42.8 Å². The lowest BCUT2D eigenvalue weighted by atomic mass is 10.0. The third-order valence-electron chi connectivity index (χ3n) is 9.97. The van der Waals surface area contributed by atoms with Crippen LogP contribution in [0.5, 0.6) is 0 Å². The summed E-state index contributed by atoms with van der Waals surface area (Å²) < 4.78 is 40.4. The molecule has 0 saturated heterocycles. The Morgan fingerprint density at radius 1 is 0.750 bits per heavy atom. The van der Waals surface area contributed by atoms with Gasteiger partial charge in [-0.05, 0) is 37.0 Å². The molecule has 0 aromatic carbocycles. The Kier molecular flexibility index (Phi) is 35.0. The molecule has 0 bridgehead atoms. The van der Waals surface area contributed by atoms with E-state index in [0.29, 0.717) is 36.8 Å². The van der Waals surface area contributed by atoms with Gasteiger partial charge in [-0.25, -0.2) is 4.57 Å². The summed E-state index contributed by atoms with van der Waals surface area (Å²) >= 11 is 0. The molecule has 0 radical (unpaired) electrons. The van der Waals surface area contributed by atoms with Crippen LogP contribution < -0.4 is 5.32 Å². The second-order valence-electron chi connectivity index (χ2n) is 16.0. The Bertz CT molecular complexity index is 1210. The molecule has 0 spiro atoms. The number of hydrogen-bond acceptors (Lipinski definition) is 6. The van der Waals surface area contributed by atoms with Crippen LogP contribution in [-0.4, -0.2) is 84.6 Å². The molecule has 9 nitrogen and oxygen atoms in total. The summed E-state index contributed by atoms with van der Waals surface area (Å²) in [6.45, 7) is 4.51. The van der Waals surface area contributed by atoms with Gasteiger partial charge in [-0.2, -0.15) is 0 Å². The molecular weight excluding hydrogens is 723 g/mol. The Hall–Kier alpha value is -1.68. The van der Waals surface area contributed by atoms with Crippen molar-refractivity contribution < 1.29 is 40.7 Å². The number of amides is 1. The maximum atomic E-state index is 13.0. The summed E-state index contributed by atoms with van der Waals surface area (Å²) in [4.78, 5) is 23.4. The monoisotopic (exact) mass is 812 g/mol. The zero-order chi connectivity index (χ0) is 43.2. The standard InChI is InChI=1S/C46H85N2O7P/c1-5-7-9-11-13-15-17-19-20-22-24-26-28-30-34-38-46(51)47-44(45(50)37-33-29-27-25-23-21-18-16-14-12-10-8-6-2)43-55-56(52,53)54-42-40-48(3,4)39-35-31-32-36-41-49/h33,37,44-45,49-50H,5-30,34,38-43H2,1-4H3,(H-,47,51,52,53)/p+1/b37-33+/t44-,45+/m0/s1/i19D2. The van der Waals surface area contributed by atoms with Gasteiger partial charge in [0.2, 0.25) is 5.91 Å². The number of aliphatic hydroxyl groups excluding tert-OH is 2. The van der Waals surface area contributed by atoms with Crippen molar-refractivity contribution in [1.82, 2.24) is 5.32 Å². The lowest BCUT2D eigenvalue weighted by Crippen LogP contribution is -2.45. The number of carbonyl (C=O) groups excluding carboxylic acids is 1. The van der Waals surface area contributed by atoms with E-state index in [9.17, 15) is 19.4 Å². The summed E-state index contributed by atoms with van der Waals surface area (Å²) in [6.07, 6.45) is 29.9. The third kappa shape index (κ3) is 37.9. The Labute approximate surface area is 347 Å². The molecule has 10 heteroatoms. The van der Waals surface area contributed by atoms with Crippen LogP contribution in [0.4, 0.5) is 0 Å². The van der Waals surface area contributed by atoms with Gasteiger partial charge in [-0.1, -0.05) is 186 Å². The fourth-order valence-corrected chi connectivity index (χ4v) is 7.01. The van der Waals surface area contributed by atoms with Gasteiger partial charge in [0.05, 0.1) is 32.8 Å². The number of rotatable bonds is 39. The van der Waals surface area contributed by atoms with Crippen molar-refractivity contribution in [2.24, 2.45) is 0 Å². The molecule has 56 heavy (non-hydrogen) atoms. The minimum Gasteiger partial charge on any atom is -0.387 e. The van der Waals surface area contributed by atoms with E-state index in [1.165, 1.54) is 83.5 Å². The molecule has 0 aliphatic carbocycles. The fraction of sp³-hybridized carbons (Fsp3) is 0.848. The highest BCUT2D eigenvalue weighted by atomic mass is 31.2. The number of likely N-dealkylation sites (N-methyl/N-ethyl adjacent to an activating group) is 1. The number of aliphatic hydroxyl groups is 2. The van der Waals surface area contributed by atoms with E-state index in [0.717, 1.165) is 64.2 Å². The van der Waals surface area contributed by atoms with Crippen LogP contribution in [0.1, 0.15) is 196 Å². The summed E-state index contributed by atoms with van der Waals surface area (Å²) in [5.41, 5.74) is 0. The lowest BCUT2D eigenvalue weighted by molar-refractivity contribution is -0.883. The van der Waals surface area contributed by atoms with Crippen LogP contribution in [0.15, 0.2) is 12.2 Å². The largest absolute Gasteiger partial charge is 0.472 e. The van der Waals surface area contributed by atoms with Gasteiger partial charge < -0.3 is 24.9 Å². The second kappa shape index (κ2) is 38.8. The van der Waals surface area contributed by atoms with E-state index in [1.807, 2.05) is 20.2 Å². The number of phosphoric acid groups is 1. The van der Waals surface area contributed by atoms with Gasteiger partial charge in [0.1, 0.15) is 26.3 Å². The van der Waals surface area contributed by atoms with Gasteiger partial charge in [-0.3, -0.25) is 13.8 Å². The first-order valence-electron chi connectivity index (χ1n) is 23.4. The zero-order valence-electron chi connectivity index (χ0n) is 38.3. The first kappa shape index (κ1) is 50.5. The van der Waals surface area contributed by atoms with Crippen molar-refractivity contribution in [2.75, 3.05) is 47.0 Å². The van der Waals surface area contributed by atoms with Gasteiger partial charge in [-0.15, -0.1) is 0 Å². The average molecular weight is 812 g/mol. The number of unbranched alkanes of at least 4 members (excludes halogenated alkanes) is 21. The van der Waals surface area contributed by atoms with Crippen LogP contribution in [0.3, 0.4) is 0 Å². The minimum absolute atomic E-state index is 0.0739. The molecule has 1 unspecified atom stereocenters. The first-order valence-corrected chi connectivity index (χ1v) is 23.9. The summed E-state index contributed by atoms with van der Waals surface area (Å²) in [5.74, 6) is 10.3. The summed E-state index contributed by atoms with van der Waals surface area (Å²) in [5, 5.41) is 22.6.